The first-order valence-electron chi connectivity index (χ1n) is 8.13. The number of methoxy groups -OCH3 is 1. The molecular formula is C16H21N3O5. The lowest BCUT2D eigenvalue weighted by atomic mass is 9.74. The number of primary amides is 1. The fraction of sp³-hybridized carbons (Fsp3) is 0.688. The number of nitrogens with two attached hydrogens (primary N) is 2. The molecule has 130 valence electrons. The third kappa shape index (κ3) is 1.67. The summed E-state index contributed by atoms with van der Waals surface area (Å²) < 4.78 is 10.9. The Labute approximate surface area is 139 Å². The first-order valence-corrected chi connectivity index (χ1v) is 8.13. The van der Waals surface area contributed by atoms with Crippen LogP contribution in [0.5, 0.6) is 0 Å². The zero-order valence-electron chi connectivity index (χ0n) is 13.7. The zero-order chi connectivity index (χ0) is 17.4. The van der Waals surface area contributed by atoms with Gasteiger partial charge in [0.15, 0.2) is 11.6 Å². The molecule has 8 heteroatoms. The number of carbonyl (C=O) groups is 3. The van der Waals surface area contributed by atoms with Crippen LogP contribution >= 0.6 is 0 Å². The Morgan fingerprint density at radius 3 is 2.71 bits per heavy atom. The molecule has 0 bridgehead atoms. The highest BCUT2D eigenvalue weighted by atomic mass is 16.6. The summed E-state index contributed by atoms with van der Waals surface area (Å²) in [6, 6.07) is -0.598. The topological polar surface area (TPSA) is 125 Å². The molecule has 2 heterocycles. The Morgan fingerprint density at radius 1 is 1.38 bits per heavy atom. The van der Waals surface area contributed by atoms with Crippen LogP contribution in [-0.4, -0.2) is 54.6 Å². The average Bonchev–Trinajstić information content (AvgIpc) is 3.16. The number of fused-ring (bicyclic) bond motifs is 5. The fourth-order valence-electron chi connectivity index (χ4n) is 5.22. The van der Waals surface area contributed by atoms with Crippen LogP contribution in [0.4, 0.5) is 4.79 Å². The Morgan fingerprint density at radius 2 is 2.08 bits per heavy atom. The summed E-state index contributed by atoms with van der Waals surface area (Å²) in [5.74, 6) is -0.840. The Balaban J connectivity index is 1.81. The molecule has 4 rings (SSSR count). The highest BCUT2D eigenvalue weighted by molar-refractivity contribution is 6.15. The Kier molecular flexibility index (Phi) is 3.11. The summed E-state index contributed by atoms with van der Waals surface area (Å²) in [6.45, 7) is 2.23. The molecule has 2 saturated heterocycles. The molecule has 2 aliphatic carbocycles. The van der Waals surface area contributed by atoms with Crippen LogP contribution in [0.25, 0.3) is 0 Å². The molecule has 2 aliphatic heterocycles. The summed E-state index contributed by atoms with van der Waals surface area (Å²) in [5, 5.41) is 0. The zero-order valence-corrected chi connectivity index (χ0v) is 13.7. The monoisotopic (exact) mass is 335 g/mol. The van der Waals surface area contributed by atoms with Gasteiger partial charge in [-0.3, -0.25) is 14.5 Å². The van der Waals surface area contributed by atoms with Crippen LogP contribution in [0.1, 0.15) is 13.3 Å². The van der Waals surface area contributed by atoms with Crippen molar-refractivity contribution in [3.63, 3.8) is 0 Å². The van der Waals surface area contributed by atoms with E-state index < -0.39 is 29.7 Å². The van der Waals surface area contributed by atoms with Gasteiger partial charge in [0.2, 0.25) is 0 Å². The molecule has 3 fully saturated rings. The van der Waals surface area contributed by atoms with E-state index in [1.807, 2.05) is 4.90 Å². The van der Waals surface area contributed by atoms with E-state index >= 15 is 0 Å². The normalized spacial score (nSPS) is 43.5. The molecule has 2 unspecified atom stereocenters. The van der Waals surface area contributed by atoms with Crippen molar-refractivity contribution in [2.45, 2.75) is 25.1 Å². The molecular weight excluding hydrogens is 314 g/mol. The van der Waals surface area contributed by atoms with Crippen molar-refractivity contribution in [2.24, 2.45) is 35.1 Å². The van der Waals surface area contributed by atoms with Crippen LogP contribution in [0.3, 0.4) is 0 Å². The first kappa shape index (κ1) is 15.6. The van der Waals surface area contributed by atoms with Crippen LogP contribution in [0.2, 0.25) is 0 Å². The second kappa shape index (κ2) is 4.80. The van der Waals surface area contributed by atoms with Crippen molar-refractivity contribution >= 4 is 17.7 Å². The van der Waals surface area contributed by atoms with Gasteiger partial charge in [0, 0.05) is 31.1 Å². The fourth-order valence-corrected chi connectivity index (χ4v) is 5.22. The van der Waals surface area contributed by atoms with E-state index in [2.05, 4.69) is 0 Å². The van der Waals surface area contributed by atoms with E-state index in [-0.39, 0.29) is 29.8 Å². The average molecular weight is 335 g/mol. The van der Waals surface area contributed by atoms with E-state index in [4.69, 9.17) is 20.9 Å². The summed E-state index contributed by atoms with van der Waals surface area (Å²) in [6.07, 6.45) is 0.0806. The second-order valence-corrected chi connectivity index (χ2v) is 7.18. The van der Waals surface area contributed by atoms with Gasteiger partial charge in [-0.2, -0.15) is 0 Å². The quantitative estimate of drug-likeness (QED) is 0.704. The van der Waals surface area contributed by atoms with Crippen LogP contribution in [0, 0.1) is 23.7 Å². The predicted octanol–water partition coefficient (Wildman–Crippen LogP) is -0.625. The van der Waals surface area contributed by atoms with Crippen molar-refractivity contribution in [3.8, 4) is 0 Å². The van der Waals surface area contributed by atoms with Gasteiger partial charge in [-0.25, -0.2) is 4.79 Å². The third-order valence-electron chi connectivity index (χ3n) is 6.32. The van der Waals surface area contributed by atoms with Crippen molar-refractivity contribution in [2.75, 3.05) is 20.3 Å². The lowest BCUT2D eigenvalue weighted by molar-refractivity contribution is -0.156. The molecule has 1 saturated carbocycles. The minimum atomic E-state index is -0.907. The summed E-state index contributed by atoms with van der Waals surface area (Å²) in [7, 11) is 1.58. The van der Waals surface area contributed by atoms with E-state index in [1.54, 1.807) is 14.0 Å². The molecule has 0 aromatic rings. The first-order chi connectivity index (χ1) is 11.3. The van der Waals surface area contributed by atoms with E-state index in [1.165, 1.54) is 0 Å². The largest absolute Gasteiger partial charge is 0.449 e. The number of hydrogen-bond donors (Lipinski definition) is 2. The van der Waals surface area contributed by atoms with Crippen molar-refractivity contribution in [1.82, 2.24) is 4.90 Å². The number of rotatable bonds is 3. The number of ketones is 2. The number of amides is 1. The van der Waals surface area contributed by atoms with E-state index in [0.29, 0.717) is 18.0 Å². The van der Waals surface area contributed by atoms with Gasteiger partial charge in [0.05, 0.1) is 17.7 Å². The van der Waals surface area contributed by atoms with Crippen molar-refractivity contribution in [1.29, 1.82) is 0 Å². The standard InChI is InChI=1S/C16H21N3O5/c1-6-11(17)14(21)10-9(5-24-15(18)22)16(23-2)8-3-7(8)4-19(16)12(10)13(6)20/h7-10,12H,3-5,17H2,1-2H3,(H2,18,22)/t7-,8-,9+,10?,12?,16-/m0/s1. The maximum atomic E-state index is 12.8. The molecule has 0 aromatic carbocycles. The predicted molar refractivity (Wildman–Crippen MR) is 81.2 cm³/mol. The number of carbonyl (C=O) groups excluding carboxylic acids is 3. The van der Waals surface area contributed by atoms with Crippen LogP contribution in [-0.2, 0) is 19.1 Å². The summed E-state index contributed by atoms with van der Waals surface area (Å²) >= 11 is 0. The number of hydrogen-bond acceptors (Lipinski definition) is 7. The lowest BCUT2D eigenvalue weighted by Crippen LogP contribution is -2.53. The van der Waals surface area contributed by atoms with Gasteiger partial charge < -0.3 is 20.9 Å². The van der Waals surface area contributed by atoms with Gasteiger partial charge in [-0.15, -0.1) is 0 Å². The van der Waals surface area contributed by atoms with Crippen molar-refractivity contribution < 1.29 is 23.9 Å². The number of nitrogens with zero attached hydrogens (tertiary/aromatic N) is 1. The Hall–Kier alpha value is -1.93. The molecule has 0 radical (unpaired) electrons. The minimum absolute atomic E-state index is 0.00472. The number of ether oxygens (including phenoxy) is 2. The molecule has 1 amide bonds. The maximum Gasteiger partial charge on any atom is 0.404 e. The van der Waals surface area contributed by atoms with E-state index in [9.17, 15) is 14.4 Å². The summed E-state index contributed by atoms with van der Waals surface area (Å²) in [5.41, 5.74) is 10.5. The smallest absolute Gasteiger partial charge is 0.404 e. The molecule has 8 nitrogen and oxygen atoms in total. The van der Waals surface area contributed by atoms with Gasteiger partial charge in [-0.1, -0.05) is 0 Å². The molecule has 4 N–H and O–H groups in total. The van der Waals surface area contributed by atoms with Crippen LogP contribution < -0.4 is 11.5 Å². The van der Waals surface area contributed by atoms with E-state index in [0.717, 1.165) is 6.42 Å². The number of piperidine rings is 1. The van der Waals surface area contributed by atoms with Crippen molar-refractivity contribution in [3.05, 3.63) is 11.3 Å². The maximum absolute atomic E-state index is 12.8. The third-order valence-corrected chi connectivity index (χ3v) is 6.32. The molecule has 24 heavy (non-hydrogen) atoms. The SMILES string of the molecule is CO[C@@]12[C@H](COC(N)=O)C3C(=O)C(N)=C(C)C(=O)C3N1C[C@@H]1C[C@@H]12. The van der Waals surface area contributed by atoms with Gasteiger partial charge >= 0.3 is 6.09 Å². The second-order valence-electron chi connectivity index (χ2n) is 7.18. The van der Waals surface area contributed by atoms with Gasteiger partial charge in [-0.05, 0) is 19.3 Å². The highest BCUT2D eigenvalue weighted by Gasteiger charge is 2.75. The number of allylic oxidation sites excluding steroid dienone is 1. The van der Waals surface area contributed by atoms with Crippen LogP contribution in [0.15, 0.2) is 11.3 Å². The highest BCUT2D eigenvalue weighted by Crippen LogP contribution is 2.65. The lowest BCUT2D eigenvalue weighted by Gasteiger charge is -2.39. The molecule has 6 atom stereocenters. The van der Waals surface area contributed by atoms with Gasteiger partial charge in [0.25, 0.3) is 0 Å². The molecule has 0 spiro atoms. The number of Topliss-reactive ketones (excluding diaryl/α,β-unsaturated/α-hetero) is 2. The van der Waals surface area contributed by atoms with Gasteiger partial charge in [0.1, 0.15) is 12.3 Å². The molecule has 0 aromatic heterocycles. The Bertz CT molecular complexity index is 689. The molecule has 4 aliphatic rings. The summed E-state index contributed by atoms with van der Waals surface area (Å²) in [4.78, 5) is 38.8. The minimum Gasteiger partial charge on any atom is -0.449 e.